The fourth-order valence-corrected chi connectivity index (χ4v) is 2.79. The van der Waals surface area contributed by atoms with Gasteiger partial charge in [-0.1, -0.05) is 12.1 Å². The number of ether oxygens (including phenoxy) is 2. The summed E-state index contributed by atoms with van der Waals surface area (Å²) in [5, 5.41) is 8.52. The van der Waals surface area contributed by atoms with Crippen LogP contribution < -0.4 is 20.7 Å². The van der Waals surface area contributed by atoms with Crippen LogP contribution in [0.2, 0.25) is 0 Å². The lowest BCUT2D eigenvalue weighted by molar-refractivity contribution is 0.0946. The number of thiocarbonyl (C=S) groups is 1. The summed E-state index contributed by atoms with van der Waals surface area (Å²) in [5.41, 5.74) is 1.52. The summed E-state index contributed by atoms with van der Waals surface area (Å²) in [5.74, 6) is 0.0705. The van der Waals surface area contributed by atoms with Crippen molar-refractivity contribution in [2.24, 2.45) is 0 Å². The van der Waals surface area contributed by atoms with E-state index in [1.54, 1.807) is 55.6 Å². The third-order valence-electron chi connectivity index (χ3n) is 3.89. The normalized spacial score (nSPS) is 10.4. The molecule has 0 aliphatic carbocycles. The lowest BCUT2D eigenvalue weighted by Gasteiger charge is -2.13. The van der Waals surface area contributed by atoms with Gasteiger partial charge in [0, 0.05) is 37.1 Å². The van der Waals surface area contributed by atoms with E-state index in [1.807, 2.05) is 13.8 Å². The Balaban J connectivity index is 1.93. The second kappa shape index (κ2) is 11.9. The summed E-state index contributed by atoms with van der Waals surface area (Å²) in [7, 11) is 1.62. The largest absolute Gasteiger partial charge is 0.491 e. The van der Waals surface area contributed by atoms with Crippen LogP contribution in [0.5, 0.6) is 5.75 Å². The van der Waals surface area contributed by atoms with Crippen molar-refractivity contribution in [3.8, 4) is 5.75 Å². The number of rotatable bonds is 9. The molecule has 2 rings (SSSR count). The third-order valence-corrected chi connectivity index (χ3v) is 4.09. The minimum Gasteiger partial charge on any atom is -0.491 e. The first-order valence-electron chi connectivity index (χ1n) is 9.65. The molecule has 2 aromatic rings. The second-order valence-corrected chi connectivity index (χ2v) is 7.19. The molecule has 2 aromatic carbocycles. The van der Waals surface area contributed by atoms with Crippen molar-refractivity contribution < 1.29 is 19.1 Å². The van der Waals surface area contributed by atoms with Gasteiger partial charge in [0.25, 0.3) is 11.8 Å². The first kappa shape index (κ1) is 23.3. The Morgan fingerprint density at radius 2 is 1.73 bits per heavy atom. The van der Waals surface area contributed by atoms with E-state index in [0.717, 1.165) is 6.42 Å². The minimum absolute atomic E-state index is 0.00973. The van der Waals surface area contributed by atoms with Crippen LogP contribution in [0.25, 0.3) is 0 Å². The summed E-state index contributed by atoms with van der Waals surface area (Å²) in [4.78, 5) is 24.7. The van der Waals surface area contributed by atoms with Crippen LogP contribution >= 0.6 is 12.2 Å². The number of anilines is 1. The summed E-state index contributed by atoms with van der Waals surface area (Å²) < 4.78 is 10.6. The topological polar surface area (TPSA) is 88.7 Å². The second-order valence-electron chi connectivity index (χ2n) is 6.79. The number of nitrogens with one attached hydrogen (secondary N) is 3. The zero-order chi connectivity index (χ0) is 21.9. The minimum atomic E-state index is -0.353. The van der Waals surface area contributed by atoms with E-state index < -0.39 is 0 Å². The van der Waals surface area contributed by atoms with Gasteiger partial charge < -0.3 is 20.1 Å². The number of carbonyl (C=O) groups is 2. The molecule has 0 spiro atoms. The summed E-state index contributed by atoms with van der Waals surface area (Å²) >= 11 is 5.23. The van der Waals surface area contributed by atoms with Gasteiger partial charge in [0.15, 0.2) is 5.11 Å². The molecular formula is C22H27N3O4S. The number of methoxy groups -OCH3 is 1. The Morgan fingerprint density at radius 1 is 1.03 bits per heavy atom. The van der Waals surface area contributed by atoms with Crippen molar-refractivity contribution in [2.75, 3.05) is 25.6 Å². The van der Waals surface area contributed by atoms with Gasteiger partial charge in [-0.05, 0) is 68.9 Å². The van der Waals surface area contributed by atoms with Gasteiger partial charge >= 0.3 is 0 Å². The van der Waals surface area contributed by atoms with Crippen LogP contribution in [0.4, 0.5) is 5.69 Å². The lowest BCUT2D eigenvalue weighted by Crippen LogP contribution is -2.34. The average Bonchev–Trinajstić information content (AvgIpc) is 2.71. The first-order valence-corrected chi connectivity index (χ1v) is 10.1. The van der Waals surface area contributed by atoms with Crippen LogP contribution in [-0.4, -0.2) is 43.3 Å². The van der Waals surface area contributed by atoms with E-state index in [2.05, 4.69) is 16.0 Å². The lowest BCUT2D eigenvalue weighted by atomic mass is 10.2. The van der Waals surface area contributed by atoms with Crippen LogP contribution in [0, 0.1) is 0 Å². The van der Waals surface area contributed by atoms with E-state index in [9.17, 15) is 9.59 Å². The predicted molar refractivity (Wildman–Crippen MR) is 121 cm³/mol. The van der Waals surface area contributed by atoms with Crippen LogP contribution in [0.1, 0.15) is 41.0 Å². The zero-order valence-corrected chi connectivity index (χ0v) is 18.2. The van der Waals surface area contributed by atoms with Gasteiger partial charge in [-0.3, -0.25) is 14.9 Å². The Kier molecular flexibility index (Phi) is 9.24. The van der Waals surface area contributed by atoms with Crippen LogP contribution in [-0.2, 0) is 4.74 Å². The van der Waals surface area contributed by atoms with E-state index in [0.29, 0.717) is 35.7 Å². The number of benzene rings is 2. The van der Waals surface area contributed by atoms with Gasteiger partial charge in [0.05, 0.1) is 6.10 Å². The Labute approximate surface area is 182 Å². The first-order chi connectivity index (χ1) is 14.4. The van der Waals surface area contributed by atoms with Gasteiger partial charge in [0.2, 0.25) is 0 Å². The van der Waals surface area contributed by atoms with Gasteiger partial charge in [0.1, 0.15) is 5.75 Å². The molecule has 0 atom stereocenters. The zero-order valence-electron chi connectivity index (χ0n) is 17.4. The molecular weight excluding hydrogens is 402 g/mol. The van der Waals surface area contributed by atoms with Crippen molar-refractivity contribution in [1.82, 2.24) is 10.6 Å². The molecule has 0 fully saturated rings. The highest BCUT2D eigenvalue weighted by Crippen LogP contribution is 2.15. The van der Waals surface area contributed by atoms with Crippen molar-refractivity contribution >= 4 is 34.8 Å². The fraction of sp³-hybridized carbons (Fsp3) is 0.318. The standard InChI is InChI=1S/C22H27N3O4S/c1-15(2)29-19-10-5-8-17(14-19)21(27)25-22(30)24-18-9-4-7-16(13-18)20(26)23-11-6-12-28-3/h4-5,7-10,13-15H,6,11-12H2,1-3H3,(H,23,26)(H2,24,25,27,30). The molecule has 0 unspecified atom stereocenters. The number of amides is 2. The maximum absolute atomic E-state index is 12.5. The molecule has 0 heterocycles. The molecule has 0 aliphatic heterocycles. The van der Waals surface area contributed by atoms with Crippen molar-refractivity contribution in [2.45, 2.75) is 26.4 Å². The third kappa shape index (κ3) is 7.81. The van der Waals surface area contributed by atoms with E-state index in [1.165, 1.54) is 0 Å². The monoisotopic (exact) mass is 429 g/mol. The van der Waals surface area contributed by atoms with Gasteiger partial charge in [-0.2, -0.15) is 0 Å². The highest BCUT2D eigenvalue weighted by molar-refractivity contribution is 7.80. The quantitative estimate of drug-likeness (QED) is 0.418. The molecule has 8 heteroatoms. The van der Waals surface area contributed by atoms with Crippen molar-refractivity contribution in [3.63, 3.8) is 0 Å². The molecule has 0 aliphatic rings. The van der Waals surface area contributed by atoms with Gasteiger partial charge in [-0.15, -0.1) is 0 Å². The molecule has 0 saturated heterocycles. The SMILES string of the molecule is COCCCNC(=O)c1cccc(NC(=S)NC(=O)c2cccc(OC(C)C)c2)c1. The van der Waals surface area contributed by atoms with E-state index >= 15 is 0 Å². The maximum Gasteiger partial charge on any atom is 0.257 e. The Hall–Kier alpha value is -2.97. The summed E-state index contributed by atoms with van der Waals surface area (Å²) in [6, 6.07) is 13.8. The number of hydrogen-bond donors (Lipinski definition) is 3. The highest BCUT2D eigenvalue weighted by atomic mass is 32.1. The maximum atomic E-state index is 12.5. The van der Waals surface area contributed by atoms with Crippen LogP contribution in [0.3, 0.4) is 0 Å². The van der Waals surface area contributed by atoms with E-state index in [4.69, 9.17) is 21.7 Å². The molecule has 0 bridgehead atoms. The molecule has 7 nitrogen and oxygen atoms in total. The van der Waals surface area contributed by atoms with E-state index in [-0.39, 0.29) is 23.0 Å². The summed E-state index contributed by atoms with van der Waals surface area (Å²) in [6.45, 7) is 4.94. The van der Waals surface area contributed by atoms with Crippen LogP contribution in [0.15, 0.2) is 48.5 Å². The molecule has 2 amide bonds. The van der Waals surface area contributed by atoms with Crippen molar-refractivity contribution in [1.29, 1.82) is 0 Å². The molecule has 0 aromatic heterocycles. The Morgan fingerprint density at radius 3 is 2.43 bits per heavy atom. The molecule has 160 valence electrons. The fourth-order valence-electron chi connectivity index (χ4n) is 2.58. The molecule has 3 N–H and O–H groups in total. The number of hydrogen-bond acceptors (Lipinski definition) is 5. The average molecular weight is 430 g/mol. The smallest absolute Gasteiger partial charge is 0.257 e. The van der Waals surface area contributed by atoms with Gasteiger partial charge in [-0.25, -0.2) is 0 Å². The van der Waals surface area contributed by atoms with Crippen molar-refractivity contribution in [3.05, 3.63) is 59.7 Å². The number of carbonyl (C=O) groups excluding carboxylic acids is 2. The predicted octanol–water partition coefficient (Wildman–Crippen LogP) is 3.37. The summed E-state index contributed by atoms with van der Waals surface area (Å²) in [6.07, 6.45) is 0.746. The molecule has 0 saturated carbocycles. The Bertz CT molecular complexity index is 886. The molecule has 30 heavy (non-hydrogen) atoms. The highest BCUT2D eigenvalue weighted by Gasteiger charge is 2.11. The molecule has 0 radical (unpaired) electrons.